The molecule has 0 atom stereocenters. The molecule has 22 heavy (non-hydrogen) atoms. The highest BCUT2D eigenvalue weighted by atomic mass is 32.2. The van der Waals surface area contributed by atoms with Crippen molar-refractivity contribution in [1.29, 1.82) is 0 Å². The predicted molar refractivity (Wildman–Crippen MR) is 86.1 cm³/mol. The van der Waals surface area contributed by atoms with Crippen LogP contribution < -0.4 is 4.31 Å². The van der Waals surface area contributed by atoms with Gasteiger partial charge in [-0.15, -0.1) is 0 Å². The molecule has 2 rings (SSSR count). The molecule has 120 valence electrons. The van der Waals surface area contributed by atoms with E-state index in [1.165, 1.54) is 10.5 Å². The molecular formula is C15H22N4O2S. The van der Waals surface area contributed by atoms with E-state index in [9.17, 15) is 8.42 Å². The van der Waals surface area contributed by atoms with Crippen LogP contribution in [0.25, 0.3) is 0 Å². The number of nitrogens with zero attached hydrogens (tertiary/aromatic N) is 4. The Bertz CT molecular complexity index is 718. The van der Waals surface area contributed by atoms with Crippen LogP contribution in [0.5, 0.6) is 0 Å². The van der Waals surface area contributed by atoms with Crippen LogP contribution in [0, 0.1) is 5.41 Å². The highest BCUT2D eigenvalue weighted by molar-refractivity contribution is 7.92. The van der Waals surface area contributed by atoms with Gasteiger partial charge >= 0.3 is 0 Å². The third-order valence-corrected chi connectivity index (χ3v) is 4.80. The number of sulfonamides is 1. The monoisotopic (exact) mass is 322 g/mol. The Morgan fingerprint density at radius 1 is 1.27 bits per heavy atom. The van der Waals surface area contributed by atoms with E-state index in [1.807, 2.05) is 27.7 Å². The summed E-state index contributed by atoms with van der Waals surface area (Å²) >= 11 is 0. The Labute approximate surface area is 131 Å². The lowest BCUT2D eigenvalue weighted by molar-refractivity contribution is 0.426. The van der Waals surface area contributed by atoms with Crippen LogP contribution in [-0.2, 0) is 16.6 Å². The van der Waals surface area contributed by atoms with E-state index in [4.69, 9.17) is 0 Å². The molecule has 0 amide bonds. The molecule has 0 unspecified atom stereocenters. The van der Waals surface area contributed by atoms with Crippen LogP contribution in [0.4, 0.5) is 5.69 Å². The minimum absolute atomic E-state index is 0.191. The lowest BCUT2D eigenvalue weighted by Crippen LogP contribution is -2.37. The fourth-order valence-electron chi connectivity index (χ4n) is 2.03. The Morgan fingerprint density at radius 2 is 2.00 bits per heavy atom. The Kier molecular flexibility index (Phi) is 4.55. The van der Waals surface area contributed by atoms with Crippen molar-refractivity contribution in [3.05, 3.63) is 36.9 Å². The molecule has 0 aliphatic heterocycles. The first-order valence-corrected chi connectivity index (χ1v) is 8.63. The second-order valence-electron chi connectivity index (χ2n) is 6.32. The van der Waals surface area contributed by atoms with Crippen molar-refractivity contribution in [2.45, 2.75) is 39.1 Å². The van der Waals surface area contributed by atoms with Crippen LogP contribution in [-0.4, -0.2) is 29.7 Å². The van der Waals surface area contributed by atoms with Crippen molar-refractivity contribution in [1.82, 2.24) is 14.8 Å². The fourth-order valence-corrected chi connectivity index (χ4v) is 3.66. The zero-order chi connectivity index (χ0) is 16.4. The average molecular weight is 322 g/mol. The van der Waals surface area contributed by atoms with Crippen molar-refractivity contribution in [3.8, 4) is 0 Å². The van der Waals surface area contributed by atoms with Crippen LogP contribution in [0.2, 0.25) is 0 Å². The molecule has 0 aliphatic carbocycles. The van der Waals surface area contributed by atoms with Gasteiger partial charge in [-0.2, -0.15) is 5.10 Å². The topological polar surface area (TPSA) is 68.1 Å². The summed E-state index contributed by atoms with van der Waals surface area (Å²) in [4.78, 5) is 4.23. The third-order valence-electron chi connectivity index (χ3n) is 3.07. The van der Waals surface area contributed by atoms with Crippen molar-refractivity contribution in [2.24, 2.45) is 5.41 Å². The molecule has 0 saturated heterocycles. The standard InChI is InChI=1S/C15H22N4O2S/c1-5-18-11-14(10-17-18)22(20,21)19(12-15(2,3)4)13-7-6-8-16-9-13/h6-11H,5,12H2,1-4H3. The van der Waals surface area contributed by atoms with E-state index in [1.54, 1.807) is 35.4 Å². The Morgan fingerprint density at radius 3 is 2.50 bits per heavy atom. The van der Waals surface area contributed by atoms with Gasteiger partial charge in [0.25, 0.3) is 10.0 Å². The summed E-state index contributed by atoms with van der Waals surface area (Å²) in [5.41, 5.74) is 0.366. The molecule has 7 heteroatoms. The van der Waals surface area contributed by atoms with E-state index in [0.29, 0.717) is 18.8 Å². The van der Waals surface area contributed by atoms with Gasteiger partial charge in [-0.05, 0) is 24.5 Å². The summed E-state index contributed by atoms with van der Waals surface area (Å²) in [5, 5.41) is 4.07. The number of rotatable bonds is 5. The zero-order valence-corrected chi connectivity index (χ0v) is 14.2. The maximum Gasteiger partial charge on any atom is 0.267 e. The number of hydrogen-bond acceptors (Lipinski definition) is 4. The molecule has 6 nitrogen and oxygen atoms in total. The van der Waals surface area contributed by atoms with E-state index in [2.05, 4.69) is 10.1 Å². The van der Waals surface area contributed by atoms with Gasteiger partial charge in [-0.3, -0.25) is 14.0 Å². The summed E-state index contributed by atoms with van der Waals surface area (Å²) < 4.78 is 29.0. The molecule has 0 aromatic carbocycles. The van der Waals surface area contributed by atoms with E-state index in [0.717, 1.165) is 0 Å². The number of anilines is 1. The molecule has 0 spiro atoms. The molecular weight excluding hydrogens is 300 g/mol. The lowest BCUT2D eigenvalue weighted by Gasteiger charge is -2.30. The predicted octanol–water partition coefficient (Wildman–Crippen LogP) is 2.54. The molecule has 2 aromatic heterocycles. The SMILES string of the molecule is CCn1cc(S(=O)(=O)N(CC(C)(C)C)c2cccnc2)cn1. The van der Waals surface area contributed by atoms with Crippen LogP contribution >= 0.6 is 0 Å². The van der Waals surface area contributed by atoms with Gasteiger partial charge in [0.2, 0.25) is 0 Å². The normalized spacial score (nSPS) is 12.4. The van der Waals surface area contributed by atoms with Gasteiger partial charge in [0.1, 0.15) is 4.90 Å². The van der Waals surface area contributed by atoms with Gasteiger partial charge in [0.05, 0.1) is 18.1 Å². The second-order valence-corrected chi connectivity index (χ2v) is 8.18. The highest BCUT2D eigenvalue weighted by Crippen LogP contribution is 2.27. The quantitative estimate of drug-likeness (QED) is 0.848. The van der Waals surface area contributed by atoms with Gasteiger partial charge in [-0.1, -0.05) is 20.8 Å². The van der Waals surface area contributed by atoms with E-state index >= 15 is 0 Å². The first-order valence-electron chi connectivity index (χ1n) is 7.19. The minimum atomic E-state index is -3.67. The summed E-state index contributed by atoms with van der Waals surface area (Å²) in [6, 6.07) is 3.48. The molecule has 0 fully saturated rings. The van der Waals surface area contributed by atoms with Crippen molar-refractivity contribution >= 4 is 15.7 Å². The molecule has 2 heterocycles. The van der Waals surface area contributed by atoms with Gasteiger partial charge in [-0.25, -0.2) is 8.42 Å². The average Bonchev–Trinajstić information content (AvgIpc) is 2.94. The smallest absolute Gasteiger partial charge is 0.267 e. The van der Waals surface area contributed by atoms with Crippen LogP contribution in [0.15, 0.2) is 41.8 Å². The Balaban J connectivity index is 2.48. The Hall–Kier alpha value is -1.89. The first-order chi connectivity index (χ1) is 10.2. The van der Waals surface area contributed by atoms with Crippen molar-refractivity contribution in [3.63, 3.8) is 0 Å². The highest BCUT2D eigenvalue weighted by Gasteiger charge is 2.30. The molecule has 0 aliphatic rings. The number of aromatic nitrogens is 3. The summed E-state index contributed by atoms with van der Waals surface area (Å²) in [5.74, 6) is 0. The number of aryl methyl sites for hydroxylation is 1. The molecule has 0 N–H and O–H groups in total. The summed E-state index contributed by atoms with van der Waals surface area (Å²) in [6.45, 7) is 8.90. The molecule has 0 radical (unpaired) electrons. The van der Waals surface area contributed by atoms with Crippen molar-refractivity contribution < 1.29 is 8.42 Å². The summed E-state index contributed by atoms with van der Waals surface area (Å²) in [6.07, 6.45) is 6.14. The second kappa shape index (κ2) is 6.08. The summed E-state index contributed by atoms with van der Waals surface area (Å²) in [7, 11) is -3.67. The number of pyridine rings is 1. The zero-order valence-electron chi connectivity index (χ0n) is 13.4. The fraction of sp³-hybridized carbons (Fsp3) is 0.467. The number of hydrogen-bond donors (Lipinski definition) is 0. The van der Waals surface area contributed by atoms with Gasteiger partial charge < -0.3 is 0 Å². The van der Waals surface area contributed by atoms with Crippen LogP contribution in [0.3, 0.4) is 0 Å². The third kappa shape index (κ3) is 3.65. The van der Waals surface area contributed by atoms with Gasteiger partial charge in [0, 0.05) is 25.5 Å². The molecule has 0 bridgehead atoms. The maximum atomic E-state index is 13.0. The van der Waals surface area contributed by atoms with Gasteiger partial charge in [0.15, 0.2) is 0 Å². The lowest BCUT2D eigenvalue weighted by atomic mass is 9.97. The van der Waals surface area contributed by atoms with E-state index in [-0.39, 0.29) is 10.3 Å². The van der Waals surface area contributed by atoms with Crippen LogP contribution in [0.1, 0.15) is 27.7 Å². The molecule has 0 saturated carbocycles. The van der Waals surface area contributed by atoms with Crippen molar-refractivity contribution in [2.75, 3.05) is 10.8 Å². The minimum Gasteiger partial charge on any atom is -0.272 e. The maximum absolute atomic E-state index is 13.0. The first kappa shape index (κ1) is 16.5. The molecule has 2 aromatic rings. The largest absolute Gasteiger partial charge is 0.272 e. The van der Waals surface area contributed by atoms with E-state index < -0.39 is 10.0 Å².